The molecule has 5 heteroatoms. The Hall–Kier alpha value is -0.910. The van der Waals surface area contributed by atoms with Crippen molar-refractivity contribution in [1.29, 1.82) is 0 Å². The monoisotopic (exact) mass is 225 g/mol. The SMILES string of the molecule is O=S1(=O)OCC[C@H]2[C@H](c3ccccc3)N21. The second-order valence-corrected chi connectivity index (χ2v) is 5.33. The summed E-state index contributed by atoms with van der Waals surface area (Å²) in [5.41, 5.74) is 1.05. The zero-order chi connectivity index (χ0) is 10.5. The molecule has 2 heterocycles. The van der Waals surface area contributed by atoms with Gasteiger partial charge in [0.05, 0.1) is 18.7 Å². The average molecular weight is 225 g/mol. The van der Waals surface area contributed by atoms with Crippen LogP contribution < -0.4 is 0 Å². The van der Waals surface area contributed by atoms with Crippen LogP contribution in [-0.2, 0) is 14.5 Å². The van der Waals surface area contributed by atoms with Crippen LogP contribution in [-0.4, -0.2) is 25.4 Å². The highest BCUT2D eigenvalue weighted by Crippen LogP contribution is 2.49. The van der Waals surface area contributed by atoms with Crippen LogP contribution >= 0.6 is 0 Å². The predicted molar refractivity (Wildman–Crippen MR) is 54.3 cm³/mol. The number of benzene rings is 1. The quantitative estimate of drug-likeness (QED) is 0.672. The summed E-state index contributed by atoms with van der Waals surface area (Å²) >= 11 is 0. The van der Waals surface area contributed by atoms with E-state index < -0.39 is 10.3 Å². The summed E-state index contributed by atoms with van der Waals surface area (Å²) in [5.74, 6) is 0. The topological polar surface area (TPSA) is 46.4 Å². The molecule has 2 aliphatic rings. The van der Waals surface area contributed by atoms with E-state index in [1.165, 1.54) is 4.31 Å². The highest BCUT2D eigenvalue weighted by atomic mass is 32.2. The van der Waals surface area contributed by atoms with Crippen LogP contribution in [0.25, 0.3) is 0 Å². The number of fused-ring (bicyclic) bond motifs is 1. The van der Waals surface area contributed by atoms with Crippen molar-refractivity contribution in [3.8, 4) is 0 Å². The lowest BCUT2D eigenvalue weighted by atomic mass is 10.1. The van der Waals surface area contributed by atoms with Crippen molar-refractivity contribution in [2.75, 3.05) is 6.61 Å². The van der Waals surface area contributed by atoms with Gasteiger partial charge < -0.3 is 0 Å². The average Bonchev–Trinajstić information content (AvgIpc) is 2.95. The van der Waals surface area contributed by atoms with Gasteiger partial charge in [0.2, 0.25) is 0 Å². The molecule has 3 rings (SSSR count). The second-order valence-electron chi connectivity index (χ2n) is 3.82. The maximum atomic E-state index is 11.5. The molecule has 0 N–H and O–H groups in total. The summed E-state index contributed by atoms with van der Waals surface area (Å²) in [4.78, 5) is 0. The molecule has 0 spiro atoms. The Bertz CT molecular complexity index is 471. The highest BCUT2D eigenvalue weighted by molar-refractivity contribution is 7.84. The van der Waals surface area contributed by atoms with Crippen LogP contribution in [0.5, 0.6) is 0 Å². The van der Waals surface area contributed by atoms with Crippen LogP contribution in [0.2, 0.25) is 0 Å². The van der Waals surface area contributed by atoms with E-state index in [0.29, 0.717) is 6.61 Å². The molecule has 3 atom stereocenters. The fraction of sp³-hybridized carbons (Fsp3) is 0.400. The minimum Gasteiger partial charge on any atom is -0.258 e. The molecule has 2 fully saturated rings. The lowest BCUT2D eigenvalue weighted by Gasteiger charge is -2.10. The predicted octanol–water partition coefficient (Wildman–Crippen LogP) is 1.08. The minimum atomic E-state index is -3.45. The smallest absolute Gasteiger partial charge is 0.258 e. The Morgan fingerprint density at radius 3 is 2.67 bits per heavy atom. The zero-order valence-electron chi connectivity index (χ0n) is 8.04. The fourth-order valence-electron chi connectivity index (χ4n) is 2.20. The van der Waals surface area contributed by atoms with Crippen molar-refractivity contribution in [3.05, 3.63) is 35.9 Å². The molecule has 0 amide bonds. The normalized spacial score (nSPS) is 36.9. The van der Waals surface area contributed by atoms with Crippen LogP contribution in [0.15, 0.2) is 30.3 Å². The third-order valence-electron chi connectivity index (χ3n) is 2.92. The summed E-state index contributed by atoms with van der Waals surface area (Å²) in [5, 5.41) is 0. The molecular formula is C10H11NO3S. The van der Waals surface area contributed by atoms with E-state index in [2.05, 4.69) is 0 Å². The van der Waals surface area contributed by atoms with Gasteiger partial charge in [0, 0.05) is 0 Å². The molecule has 1 unspecified atom stereocenters. The van der Waals surface area contributed by atoms with Gasteiger partial charge in [-0.25, -0.2) is 0 Å². The first kappa shape index (κ1) is 9.33. The number of nitrogens with zero attached hydrogens (tertiary/aromatic N) is 1. The Balaban J connectivity index is 1.94. The van der Waals surface area contributed by atoms with Gasteiger partial charge in [-0.1, -0.05) is 30.3 Å². The standard InChI is InChI=1S/C10H11NO3S/c12-15(13)11-9(6-7-14-15)10(11)8-4-2-1-3-5-8/h1-5,9-10H,6-7H2/t9-,10-,11?/m0/s1. The van der Waals surface area contributed by atoms with E-state index in [1.54, 1.807) is 0 Å². The second kappa shape index (κ2) is 3.04. The number of rotatable bonds is 1. The van der Waals surface area contributed by atoms with Crippen LogP contribution in [0.4, 0.5) is 0 Å². The van der Waals surface area contributed by atoms with Crippen LogP contribution in [0.3, 0.4) is 0 Å². The largest absolute Gasteiger partial charge is 0.339 e. The first-order valence-electron chi connectivity index (χ1n) is 4.93. The van der Waals surface area contributed by atoms with E-state index in [1.807, 2.05) is 30.3 Å². The molecule has 0 saturated carbocycles. The van der Waals surface area contributed by atoms with E-state index >= 15 is 0 Å². The Labute approximate surface area is 88.7 Å². The first-order chi connectivity index (χ1) is 7.20. The van der Waals surface area contributed by atoms with Gasteiger partial charge in [0.25, 0.3) is 0 Å². The summed E-state index contributed by atoms with van der Waals surface area (Å²) in [6.45, 7) is 0.312. The van der Waals surface area contributed by atoms with Crippen molar-refractivity contribution in [1.82, 2.24) is 4.31 Å². The number of hydrogen-bond donors (Lipinski definition) is 0. The first-order valence-corrected chi connectivity index (χ1v) is 6.29. The maximum absolute atomic E-state index is 11.5. The zero-order valence-corrected chi connectivity index (χ0v) is 8.85. The summed E-state index contributed by atoms with van der Waals surface area (Å²) < 4.78 is 29.2. The van der Waals surface area contributed by atoms with Crippen molar-refractivity contribution < 1.29 is 12.6 Å². The molecule has 2 aliphatic heterocycles. The molecule has 1 aromatic carbocycles. The van der Waals surface area contributed by atoms with Crippen molar-refractivity contribution in [2.45, 2.75) is 18.5 Å². The molecule has 80 valence electrons. The summed E-state index contributed by atoms with van der Waals surface area (Å²) in [6, 6.07) is 9.81. The molecule has 0 radical (unpaired) electrons. The van der Waals surface area contributed by atoms with Gasteiger partial charge in [-0.15, -0.1) is 0 Å². The fourth-order valence-corrected chi connectivity index (χ4v) is 3.67. The Kier molecular flexibility index (Phi) is 1.89. The lowest BCUT2D eigenvalue weighted by molar-refractivity contribution is 0.265. The molecular weight excluding hydrogens is 214 g/mol. The van der Waals surface area contributed by atoms with Crippen LogP contribution in [0, 0.1) is 0 Å². The molecule has 0 bridgehead atoms. The summed E-state index contributed by atoms with van der Waals surface area (Å²) in [6.07, 6.45) is 0.790. The van der Waals surface area contributed by atoms with E-state index in [-0.39, 0.29) is 12.1 Å². The van der Waals surface area contributed by atoms with Crippen molar-refractivity contribution in [2.24, 2.45) is 0 Å². The van der Waals surface area contributed by atoms with Gasteiger partial charge in [-0.2, -0.15) is 12.7 Å². The van der Waals surface area contributed by atoms with Crippen molar-refractivity contribution in [3.63, 3.8) is 0 Å². The third-order valence-corrected chi connectivity index (χ3v) is 4.40. The van der Waals surface area contributed by atoms with E-state index in [9.17, 15) is 8.42 Å². The summed E-state index contributed by atoms with van der Waals surface area (Å²) in [7, 11) is -3.45. The molecule has 0 aromatic heterocycles. The number of hydrogen-bond acceptors (Lipinski definition) is 3. The van der Waals surface area contributed by atoms with Gasteiger partial charge in [0.15, 0.2) is 0 Å². The molecule has 15 heavy (non-hydrogen) atoms. The lowest BCUT2D eigenvalue weighted by Crippen LogP contribution is -2.23. The Morgan fingerprint density at radius 2 is 2.00 bits per heavy atom. The third kappa shape index (κ3) is 1.39. The van der Waals surface area contributed by atoms with E-state index in [0.717, 1.165) is 12.0 Å². The van der Waals surface area contributed by atoms with Gasteiger partial charge in [-0.3, -0.25) is 4.18 Å². The van der Waals surface area contributed by atoms with Gasteiger partial charge >= 0.3 is 10.3 Å². The highest BCUT2D eigenvalue weighted by Gasteiger charge is 2.58. The van der Waals surface area contributed by atoms with E-state index in [4.69, 9.17) is 4.18 Å². The van der Waals surface area contributed by atoms with Crippen LogP contribution in [0.1, 0.15) is 18.0 Å². The molecule has 2 saturated heterocycles. The Morgan fingerprint density at radius 1 is 1.27 bits per heavy atom. The maximum Gasteiger partial charge on any atom is 0.339 e. The molecule has 1 aromatic rings. The van der Waals surface area contributed by atoms with Gasteiger partial charge in [-0.05, 0) is 12.0 Å². The van der Waals surface area contributed by atoms with Gasteiger partial charge in [0.1, 0.15) is 0 Å². The molecule has 4 nitrogen and oxygen atoms in total. The molecule has 0 aliphatic carbocycles. The van der Waals surface area contributed by atoms with Crippen molar-refractivity contribution >= 4 is 10.3 Å². The minimum absolute atomic E-state index is 0.00120.